The lowest BCUT2D eigenvalue weighted by Crippen LogP contribution is -2.55. The van der Waals surface area contributed by atoms with Crippen LogP contribution in [0.1, 0.15) is 59.9 Å². The molecule has 49 heavy (non-hydrogen) atoms. The Kier molecular flexibility index (Phi) is 12.1. The highest BCUT2D eigenvalue weighted by Gasteiger charge is 2.36. The Morgan fingerprint density at radius 1 is 0.796 bits per heavy atom. The molecule has 10 heteroatoms. The number of hydrogen-bond acceptors (Lipinski definition) is 4. The molecule has 0 saturated heterocycles. The summed E-state index contributed by atoms with van der Waals surface area (Å²) in [6.07, 6.45) is 5.11. The molecule has 0 bridgehead atoms. The van der Waals surface area contributed by atoms with Crippen LogP contribution in [-0.4, -0.2) is 43.8 Å². The highest BCUT2D eigenvalue weighted by molar-refractivity contribution is 7.92. The summed E-state index contributed by atoms with van der Waals surface area (Å²) in [6.45, 7) is 4.99. The zero-order valence-electron chi connectivity index (χ0n) is 28.2. The Balaban J connectivity index is 1.61. The maximum Gasteiger partial charge on any atom is 0.264 e. The van der Waals surface area contributed by atoms with E-state index in [0.717, 1.165) is 58.7 Å². The first-order valence-electron chi connectivity index (χ1n) is 16.7. The van der Waals surface area contributed by atoms with Crippen molar-refractivity contribution in [3.8, 4) is 0 Å². The molecular weight excluding hydrogens is 677 g/mol. The van der Waals surface area contributed by atoms with E-state index in [1.165, 1.54) is 4.90 Å². The third kappa shape index (κ3) is 9.24. The highest BCUT2D eigenvalue weighted by atomic mass is 35.5. The molecule has 0 unspecified atom stereocenters. The first kappa shape index (κ1) is 36.4. The number of carbonyl (C=O) groups is 2. The van der Waals surface area contributed by atoms with Crippen molar-refractivity contribution in [2.45, 2.75) is 82.8 Å². The lowest BCUT2D eigenvalue weighted by atomic mass is 9.94. The normalized spacial score (nSPS) is 14.2. The van der Waals surface area contributed by atoms with E-state index >= 15 is 0 Å². The van der Waals surface area contributed by atoms with Crippen LogP contribution in [0.2, 0.25) is 10.0 Å². The van der Waals surface area contributed by atoms with Gasteiger partial charge in [-0.05, 0) is 86.7 Å². The Morgan fingerprint density at radius 3 is 2.02 bits per heavy atom. The van der Waals surface area contributed by atoms with Gasteiger partial charge in [-0.3, -0.25) is 13.9 Å². The number of halogens is 2. The predicted molar refractivity (Wildman–Crippen MR) is 198 cm³/mol. The van der Waals surface area contributed by atoms with Crippen molar-refractivity contribution < 1.29 is 18.0 Å². The summed E-state index contributed by atoms with van der Waals surface area (Å²) >= 11 is 13.3. The second-order valence-electron chi connectivity index (χ2n) is 12.9. The molecule has 4 aromatic rings. The van der Waals surface area contributed by atoms with E-state index in [0.29, 0.717) is 21.3 Å². The van der Waals surface area contributed by atoms with Crippen LogP contribution in [0.15, 0.2) is 95.9 Å². The van der Waals surface area contributed by atoms with Crippen LogP contribution in [0.25, 0.3) is 0 Å². The molecule has 258 valence electrons. The molecule has 1 atom stereocenters. The monoisotopic (exact) mass is 719 g/mol. The topological polar surface area (TPSA) is 86.8 Å². The van der Waals surface area contributed by atoms with Crippen LogP contribution in [0.3, 0.4) is 0 Å². The Hall–Kier alpha value is -3.85. The lowest BCUT2D eigenvalue weighted by Gasteiger charge is -2.35. The van der Waals surface area contributed by atoms with Gasteiger partial charge >= 0.3 is 0 Å². The minimum absolute atomic E-state index is 0.00550. The Labute approximate surface area is 300 Å². The van der Waals surface area contributed by atoms with Gasteiger partial charge in [-0.25, -0.2) is 8.42 Å². The van der Waals surface area contributed by atoms with Gasteiger partial charge in [0.05, 0.1) is 10.6 Å². The van der Waals surface area contributed by atoms with E-state index in [1.54, 1.807) is 54.6 Å². The van der Waals surface area contributed by atoms with Crippen molar-refractivity contribution >= 4 is 50.7 Å². The fourth-order valence-corrected chi connectivity index (χ4v) is 8.33. The van der Waals surface area contributed by atoms with E-state index < -0.39 is 28.5 Å². The zero-order chi connectivity index (χ0) is 35.1. The van der Waals surface area contributed by atoms with Gasteiger partial charge in [0.15, 0.2) is 0 Å². The number of nitrogens with zero attached hydrogens (tertiary/aromatic N) is 2. The molecule has 1 N–H and O–H groups in total. The van der Waals surface area contributed by atoms with Gasteiger partial charge in [-0.2, -0.15) is 0 Å². The smallest absolute Gasteiger partial charge is 0.264 e. The molecule has 0 radical (unpaired) electrons. The second kappa shape index (κ2) is 16.2. The Morgan fingerprint density at radius 2 is 1.41 bits per heavy atom. The van der Waals surface area contributed by atoms with Crippen molar-refractivity contribution in [2.24, 2.45) is 0 Å². The summed E-state index contributed by atoms with van der Waals surface area (Å²) in [6, 6.07) is 25.6. The van der Waals surface area contributed by atoms with E-state index in [4.69, 9.17) is 23.2 Å². The molecular formula is C39H43Cl2N3O4S. The number of rotatable bonds is 12. The first-order chi connectivity index (χ1) is 23.4. The van der Waals surface area contributed by atoms with Crippen molar-refractivity contribution in [1.82, 2.24) is 10.2 Å². The summed E-state index contributed by atoms with van der Waals surface area (Å²) in [4.78, 5) is 30.7. The number of amides is 2. The number of nitrogens with one attached hydrogen (secondary N) is 1. The molecule has 2 amide bonds. The Bertz CT molecular complexity index is 1840. The lowest BCUT2D eigenvalue weighted by molar-refractivity contribution is -0.140. The molecule has 1 aliphatic rings. The van der Waals surface area contributed by atoms with Crippen LogP contribution in [-0.2, 0) is 32.6 Å². The minimum Gasteiger partial charge on any atom is -0.352 e. The van der Waals surface area contributed by atoms with Crippen molar-refractivity contribution in [1.29, 1.82) is 0 Å². The van der Waals surface area contributed by atoms with Gasteiger partial charge in [0.25, 0.3) is 10.0 Å². The number of sulfonamides is 1. The quantitative estimate of drug-likeness (QED) is 0.160. The summed E-state index contributed by atoms with van der Waals surface area (Å²) in [5.74, 6) is -0.864. The summed E-state index contributed by atoms with van der Waals surface area (Å²) in [7, 11) is -4.22. The van der Waals surface area contributed by atoms with Gasteiger partial charge < -0.3 is 10.2 Å². The van der Waals surface area contributed by atoms with Crippen LogP contribution >= 0.6 is 23.2 Å². The van der Waals surface area contributed by atoms with E-state index in [2.05, 4.69) is 5.32 Å². The van der Waals surface area contributed by atoms with E-state index in [1.807, 2.05) is 57.2 Å². The van der Waals surface area contributed by atoms with Crippen LogP contribution in [0.5, 0.6) is 0 Å². The average molecular weight is 721 g/mol. The van der Waals surface area contributed by atoms with Gasteiger partial charge in [0.2, 0.25) is 11.8 Å². The molecule has 0 aromatic heterocycles. The molecule has 0 heterocycles. The van der Waals surface area contributed by atoms with Crippen molar-refractivity contribution in [2.75, 3.05) is 10.8 Å². The van der Waals surface area contributed by atoms with Gasteiger partial charge in [-0.15, -0.1) is 0 Å². The summed E-state index contributed by atoms with van der Waals surface area (Å²) in [5.41, 5.74) is 4.28. The van der Waals surface area contributed by atoms with E-state index in [9.17, 15) is 18.0 Å². The molecule has 5 rings (SSSR count). The molecule has 1 saturated carbocycles. The average Bonchev–Trinajstić information content (AvgIpc) is 3.07. The number of aryl methyl sites for hydroxylation is 3. The minimum atomic E-state index is -4.22. The molecule has 1 fully saturated rings. The number of anilines is 1. The molecule has 7 nitrogen and oxygen atoms in total. The maximum absolute atomic E-state index is 14.8. The number of carbonyl (C=O) groups excluding carboxylic acids is 2. The third-order valence-electron chi connectivity index (χ3n) is 9.00. The largest absolute Gasteiger partial charge is 0.352 e. The molecule has 0 aliphatic heterocycles. The SMILES string of the molecule is Cc1ccc(S(=O)(=O)N(CC(=O)N(Cc2c(Cl)cccc2Cl)[C@@H](Cc2ccccc2)C(=O)NC2CCCCC2)c2cc(C)cc(C)c2)cc1. The highest BCUT2D eigenvalue weighted by Crippen LogP contribution is 2.30. The molecule has 4 aromatic carbocycles. The standard InChI is InChI=1S/C39H43Cl2N3O4S/c1-27-17-19-33(20-18-27)49(47,48)44(32-22-28(2)21-29(3)23-32)26-38(45)43(25-34-35(40)15-10-16-36(34)41)37(24-30-11-6-4-7-12-30)39(46)42-31-13-8-5-9-14-31/h4,6-7,10-12,15-23,31,37H,5,8-9,13-14,24-26H2,1-3H3,(H,42,46)/t37-/m0/s1. The maximum atomic E-state index is 14.8. The summed E-state index contributed by atoms with van der Waals surface area (Å²) < 4.78 is 29.9. The van der Waals surface area contributed by atoms with Crippen LogP contribution in [0, 0.1) is 20.8 Å². The first-order valence-corrected chi connectivity index (χ1v) is 18.9. The summed E-state index contributed by atoms with van der Waals surface area (Å²) in [5, 5.41) is 3.91. The van der Waals surface area contributed by atoms with Gasteiger partial charge in [0.1, 0.15) is 12.6 Å². The van der Waals surface area contributed by atoms with E-state index in [-0.39, 0.29) is 29.8 Å². The number of benzene rings is 4. The predicted octanol–water partition coefficient (Wildman–Crippen LogP) is 8.20. The van der Waals surface area contributed by atoms with Crippen molar-refractivity contribution in [3.05, 3.63) is 129 Å². The number of hydrogen-bond donors (Lipinski definition) is 1. The third-order valence-corrected chi connectivity index (χ3v) is 11.5. The van der Waals surface area contributed by atoms with Gasteiger partial charge in [-0.1, -0.05) is 103 Å². The molecule has 1 aliphatic carbocycles. The fourth-order valence-electron chi connectivity index (χ4n) is 6.41. The van der Waals surface area contributed by atoms with Crippen molar-refractivity contribution in [3.63, 3.8) is 0 Å². The molecule has 0 spiro atoms. The fraction of sp³-hybridized carbons (Fsp3) is 0.333. The second-order valence-corrected chi connectivity index (χ2v) is 15.6. The van der Waals surface area contributed by atoms with Crippen LogP contribution < -0.4 is 9.62 Å². The van der Waals surface area contributed by atoms with Gasteiger partial charge in [0, 0.05) is 34.6 Å². The van der Waals surface area contributed by atoms with Crippen LogP contribution in [0.4, 0.5) is 5.69 Å². The zero-order valence-corrected chi connectivity index (χ0v) is 30.5.